The first kappa shape index (κ1) is 20.0. The lowest BCUT2D eigenvalue weighted by Gasteiger charge is -2.15. The lowest BCUT2D eigenvalue weighted by molar-refractivity contribution is -0.136. The second kappa shape index (κ2) is 7.83. The Balaban J connectivity index is 1.60. The topological polar surface area (TPSA) is 59.8 Å². The normalized spacial score (nSPS) is 11.6. The largest absolute Gasteiger partial charge is 0.417 e. The van der Waals surface area contributed by atoms with E-state index in [9.17, 15) is 18.0 Å². The summed E-state index contributed by atoms with van der Waals surface area (Å²) >= 11 is 1.43. The van der Waals surface area contributed by atoms with Crippen LogP contribution in [0.5, 0.6) is 0 Å². The van der Waals surface area contributed by atoms with Crippen LogP contribution in [0.15, 0.2) is 77.2 Å². The van der Waals surface area contributed by atoms with Gasteiger partial charge in [0, 0.05) is 41.6 Å². The average Bonchev–Trinajstić information content (AvgIpc) is 3.12. The Bertz CT molecular complexity index is 1220. The smallest absolute Gasteiger partial charge is 0.329 e. The van der Waals surface area contributed by atoms with E-state index in [2.05, 4.69) is 15.3 Å². The number of hydrogen-bond donors (Lipinski definition) is 1. The maximum atomic E-state index is 13.7. The number of alkyl halides is 3. The van der Waals surface area contributed by atoms with E-state index in [4.69, 9.17) is 0 Å². The molecule has 0 radical (unpaired) electrons. The highest BCUT2D eigenvalue weighted by Gasteiger charge is 2.37. The molecule has 9 heteroatoms. The fraction of sp³-hybridized carbons (Fsp3) is 0.0952. The minimum Gasteiger partial charge on any atom is -0.329 e. The average molecular weight is 428 g/mol. The molecule has 0 spiro atoms. The van der Waals surface area contributed by atoms with Crippen LogP contribution in [-0.4, -0.2) is 20.4 Å². The van der Waals surface area contributed by atoms with E-state index in [0.29, 0.717) is 5.69 Å². The number of para-hydroxylation sites is 1. The summed E-state index contributed by atoms with van der Waals surface area (Å²) in [6, 6.07) is 12.7. The predicted octanol–water partition coefficient (Wildman–Crippen LogP) is 5.39. The standard InChI is InChI=1S/C21H15F3N4OS/c1-28-11-10-25-20(28)30-14-8-6-13(7-9-14)27-19(29)16-12-26-17-5-3-2-4-15(17)18(16)21(22,23)24/h2-12H,1H3,(H,27,29). The molecule has 0 saturated heterocycles. The van der Waals surface area contributed by atoms with E-state index in [1.165, 1.54) is 30.0 Å². The Morgan fingerprint density at radius 3 is 2.47 bits per heavy atom. The predicted molar refractivity (Wildman–Crippen MR) is 108 cm³/mol. The fourth-order valence-corrected chi connectivity index (χ4v) is 3.78. The number of hydrogen-bond acceptors (Lipinski definition) is 4. The van der Waals surface area contributed by atoms with E-state index < -0.39 is 23.2 Å². The second-order valence-electron chi connectivity index (χ2n) is 6.46. The van der Waals surface area contributed by atoms with Gasteiger partial charge in [-0.25, -0.2) is 4.98 Å². The molecular formula is C21H15F3N4OS. The van der Waals surface area contributed by atoms with Crippen LogP contribution in [-0.2, 0) is 13.2 Å². The summed E-state index contributed by atoms with van der Waals surface area (Å²) in [5, 5.41) is 3.21. The molecule has 30 heavy (non-hydrogen) atoms. The molecule has 2 aromatic carbocycles. The third-order valence-corrected chi connectivity index (χ3v) is 5.49. The third kappa shape index (κ3) is 4.02. The second-order valence-corrected chi connectivity index (χ2v) is 7.50. The Morgan fingerprint density at radius 1 is 1.07 bits per heavy atom. The van der Waals surface area contributed by atoms with Gasteiger partial charge >= 0.3 is 6.18 Å². The number of fused-ring (bicyclic) bond motifs is 1. The Hall–Kier alpha value is -3.33. The molecule has 0 aliphatic heterocycles. The van der Waals surface area contributed by atoms with Crippen molar-refractivity contribution in [3.8, 4) is 0 Å². The number of halogens is 3. The number of anilines is 1. The van der Waals surface area contributed by atoms with E-state index in [0.717, 1.165) is 16.2 Å². The molecule has 1 amide bonds. The van der Waals surface area contributed by atoms with Gasteiger partial charge < -0.3 is 9.88 Å². The number of aryl methyl sites for hydroxylation is 1. The minimum absolute atomic E-state index is 0.112. The zero-order valence-corrected chi connectivity index (χ0v) is 16.5. The summed E-state index contributed by atoms with van der Waals surface area (Å²) in [6.07, 6.45) is -0.219. The number of nitrogens with zero attached hydrogens (tertiary/aromatic N) is 3. The lowest BCUT2D eigenvalue weighted by Crippen LogP contribution is -2.19. The van der Waals surface area contributed by atoms with Gasteiger partial charge in [-0.05, 0) is 30.3 Å². The number of benzene rings is 2. The molecule has 0 aliphatic carbocycles. The van der Waals surface area contributed by atoms with Crippen molar-refractivity contribution in [2.45, 2.75) is 16.2 Å². The molecule has 152 valence electrons. The fourth-order valence-electron chi connectivity index (χ4n) is 2.98. The van der Waals surface area contributed by atoms with Gasteiger partial charge in [-0.15, -0.1) is 0 Å². The minimum atomic E-state index is -4.70. The maximum absolute atomic E-state index is 13.7. The number of imidazole rings is 1. The summed E-state index contributed by atoms with van der Waals surface area (Å²) in [6.45, 7) is 0. The first-order valence-electron chi connectivity index (χ1n) is 8.84. The van der Waals surface area contributed by atoms with Gasteiger partial charge in [0.25, 0.3) is 5.91 Å². The number of pyridine rings is 1. The van der Waals surface area contributed by atoms with Gasteiger partial charge in [-0.3, -0.25) is 9.78 Å². The van der Waals surface area contributed by atoms with E-state index in [1.807, 2.05) is 17.8 Å². The van der Waals surface area contributed by atoms with Gasteiger partial charge in [0.15, 0.2) is 5.16 Å². The van der Waals surface area contributed by atoms with Gasteiger partial charge in [-0.1, -0.05) is 30.0 Å². The summed E-state index contributed by atoms with van der Waals surface area (Å²) in [7, 11) is 1.87. The first-order chi connectivity index (χ1) is 14.3. The molecule has 5 nitrogen and oxygen atoms in total. The van der Waals surface area contributed by atoms with Crippen LogP contribution in [0.25, 0.3) is 10.9 Å². The van der Waals surface area contributed by atoms with E-state index in [-0.39, 0.29) is 10.9 Å². The van der Waals surface area contributed by atoms with Gasteiger partial charge in [0.2, 0.25) is 0 Å². The zero-order chi connectivity index (χ0) is 21.3. The quantitative estimate of drug-likeness (QED) is 0.473. The molecular weight excluding hydrogens is 413 g/mol. The van der Waals surface area contributed by atoms with Crippen LogP contribution in [0.3, 0.4) is 0 Å². The molecule has 2 aromatic heterocycles. The van der Waals surface area contributed by atoms with Gasteiger partial charge in [0.1, 0.15) is 0 Å². The zero-order valence-electron chi connectivity index (χ0n) is 15.6. The van der Waals surface area contributed by atoms with Crippen LogP contribution in [0.4, 0.5) is 18.9 Å². The molecule has 0 aliphatic rings. The Labute approximate surface area is 174 Å². The summed E-state index contributed by atoms with van der Waals surface area (Å²) < 4.78 is 43.0. The van der Waals surface area contributed by atoms with Crippen molar-refractivity contribution in [3.05, 3.63) is 78.2 Å². The highest BCUT2D eigenvalue weighted by atomic mass is 32.2. The summed E-state index contributed by atoms with van der Waals surface area (Å²) in [5.41, 5.74) is -0.956. The molecule has 0 bridgehead atoms. The van der Waals surface area contributed by atoms with Crippen LogP contribution in [0.2, 0.25) is 0 Å². The Morgan fingerprint density at radius 2 is 1.80 bits per heavy atom. The molecule has 0 fully saturated rings. The van der Waals surface area contributed by atoms with Crippen LogP contribution in [0.1, 0.15) is 15.9 Å². The number of carbonyl (C=O) groups is 1. The molecule has 2 heterocycles. The third-order valence-electron chi connectivity index (χ3n) is 4.40. The van der Waals surface area contributed by atoms with Crippen LogP contribution in [0, 0.1) is 0 Å². The number of aromatic nitrogens is 3. The molecule has 4 aromatic rings. The van der Waals surface area contributed by atoms with Gasteiger partial charge in [-0.2, -0.15) is 13.2 Å². The van der Waals surface area contributed by atoms with E-state index in [1.54, 1.807) is 36.5 Å². The number of carbonyl (C=O) groups excluding carboxylic acids is 1. The van der Waals surface area contributed by atoms with Crippen molar-refractivity contribution in [2.24, 2.45) is 7.05 Å². The molecule has 0 saturated carbocycles. The van der Waals surface area contributed by atoms with E-state index >= 15 is 0 Å². The molecule has 1 N–H and O–H groups in total. The monoisotopic (exact) mass is 428 g/mol. The maximum Gasteiger partial charge on any atom is 0.417 e. The van der Waals surface area contributed by atoms with Crippen molar-refractivity contribution in [1.29, 1.82) is 0 Å². The van der Waals surface area contributed by atoms with Crippen molar-refractivity contribution in [3.63, 3.8) is 0 Å². The lowest BCUT2D eigenvalue weighted by atomic mass is 10.0. The Kier molecular flexibility index (Phi) is 5.21. The van der Waals surface area contributed by atoms with Crippen molar-refractivity contribution >= 4 is 34.3 Å². The van der Waals surface area contributed by atoms with Gasteiger partial charge in [0.05, 0.1) is 16.6 Å². The molecule has 0 atom stereocenters. The summed E-state index contributed by atoms with van der Waals surface area (Å²) in [4.78, 5) is 21.8. The highest BCUT2D eigenvalue weighted by molar-refractivity contribution is 7.99. The molecule has 4 rings (SSSR count). The van der Waals surface area contributed by atoms with Crippen molar-refractivity contribution < 1.29 is 18.0 Å². The molecule has 0 unspecified atom stereocenters. The number of rotatable bonds is 4. The highest BCUT2D eigenvalue weighted by Crippen LogP contribution is 2.37. The number of amides is 1. The van der Waals surface area contributed by atoms with Crippen LogP contribution >= 0.6 is 11.8 Å². The van der Waals surface area contributed by atoms with Crippen LogP contribution < -0.4 is 5.32 Å². The van der Waals surface area contributed by atoms with Crippen molar-refractivity contribution in [1.82, 2.24) is 14.5 Å². The number of nitrogens with one attached hydrogen (secondary N) is 1. The van der Waals surface area contributed by atoms with Crippen molar-refractivity contribution in [2.75, 3.05) is 5.32 Å². The summed E-state index contributed by atoms with van der Waals surface area (Å²) in [5.74, 6) is -0.870. The SMILES string of the molecule is Cn1ccnc1Sc1ccc(NC(=O)c2cnc3ccccc3c2C(F)(F)F)cc1. The first-order valence-corrected chi connectivity index (χ1v) is 9.66.